The number of aliphatic hydroxyl groups excluding tert-OH is 1. The van der Waals surface area contributed by atoms with Crippen LogP contribution in [-0.4, -0.2) is 67.5 Å². The molecule has 0 amide bonds. The normalized spacial score (nSPS) is 19.7. The fourth-order valence-corrected chi connectivity index (χ4v) is 3.55. The molecule has 1 unspecified atom stereocenters. The number of likely N-dealkylation sites (tertiary alicyclic amines) is 1. The van der Waals surface area contributed by atoms with Crippen molar-refractivity contribution in [2.45, 2.75) is 51.3 Å². The van der Waals surface area contributed by atoms with Crippen LogP contribution in [0.5, 0.6) is 0 Å². The largest absolute Gasteiger partial charge is 0.389 e. The minimum absolute atomic E-state index is 0.285. The SMILES string of the molecule is CCNC(=NCC(O)COCC1CC1)NC1CCN(Cc2ccc(F)c(F)c2)CC1. The van der Waals surface area contributed by atoms with Crippen molar-refractivity contribution in [2.75, 3.05) is 39.4 Å². The summed E-state index contributed by atoms with van der Waals surface area (Å²) in [4.78, 5) is 6.75. The van der Waals surface area contributed by atoms with Gasteiger partial charge in [0.25, 0.3) is 0 Å². The van der Waals surface area contributed by atoms with E-state index < -0.39 is 17.7 Å². The molecule has 1 aliphatic carbocycles. The van der Waals surface area contributed by atoms with E-state index in [-0.39, 0.29) is 6.04 Å². The average Bonchev–Trinajstić information content (AvgIpc) is 3.55. The number of halogens is 2. The molecule has 30 heavy (non-hydrogen) atoms. The molecule has 0 aromatic heterocycles. The molecule has 0 bridgehead atoms. The van der Waals surface area contributed by atoms with Crippen molar-refractivity contribution in [3.8, 4) is 0 Å². The first-order valence-corrected chi connectivity index (χ1v) is 11.0. The molecule has 1 aromatic rings. The molecule has 0 spiro atoms. The van der Waals surface area contributed by atoms with E-state index in [0.29, 0.717) is 31.6 Å². The van der Waals surface area contributed by atoms with Gasteiger partial charge < -0.3 is 20.5 Å². The molecule has 2 aliphatic rings. The number of guanidine groups is 1. The van der Waals surface area contributed by atoms with Gasteiger partial charge in [-0.25, -0.2) is 8.78 Å². The second kappa shape index (κ2) is 11.6. The number of aliphatic hydroxyl groups is 1. The number of benzene rings is 1. The molecule has 2 fully saturated rings. The number of hydrogen-bond acceptors (Lipinski definition) is 4. The number of aliphatic imine (C=N–C) groups is 1. The lowest BCUT2D eigenvalue weighted by Gasteiger charge is -2.33. The fraction of sp³-hybridized carbons (Fsp3) is 0.682. The van der Waals surface area contributed by atoms with Gasteiger partial charge in [0, 0.05) is 38.8 Å². The van der Waals surface area contributed by atoms with Crippen molar-refractivity contribution in [3.63, 3.8) is 0 Å². The van der Waals surface area contributed by atoms with Gasteiger partial charge in [0.2, 0.25) is 0 Å². The Hall–Kier alpha value is -1.77. The number of hydrogen-bond donors (Lipinski definition) is 3. The Kier molecular flexibility index (Phi) is 8.84. The molecule has 1 heterocycles. The number of ether oxygens (including phenoxy) is 1. The van der Waals surface area contributed by atoms with Crippen LogP contribution in [0, 0.1) is 17.6 Å². The number of nitrogens with one attached hydrogen (secondary N) is 2. The topological polar surface area (TPSA) is 69.1 Å². The van der Waals surface area contributed by atoms with Gasteiger partial charge in [-0.3, -0.25) is 9.89 Å². The highest BCUT2D eigenvalue weighted by Gasteiger charge is 2.22. The smallest absolute Gasteiger partial charge is 0.191 e. The molecule has 1 aromatic carbocycles. The minimum atomic E-state index is -0.809. The predicted octanol–water partition coefficient (Wildman–Crippen LogP) is 2.27. The van der Waals surface area contributed by atoms with E-state index in [1.165, 1.54) is 25.0 Å². The first-order chi connectivity index (χ1) is 14.5. The van der Waals surface area contributed by atoms with Crippen LogP contribution in [-0.2, 0) is 11.3 Å². The van der Waals surface area contributed by atoms with E-state index in [0.717, 1.165) is 44.6 Å². The van der Waals surface area contributed by atoms with Gasteiger partial charge >= 0.3 is 0 Å². The lowest BCUT2D eigenvalue weighted by Crippen LogP contribution is -2.48. The standard InChI is InChI=1S/C22H34F2N4O2/c1-2-25-22(26-12-19(29)15-30-14-16-3-4-16)27-18-7-9-28(10-8-18)13-17-5-6-20(23)21(24)11-17/h5-6,11,16,18-19,29H,2-4,7-10,12-15H2,1H3,(H2,25,26,27). The summed E-state index contributed by atoms with van der Waals surface area (Å²) < 4.78 is 32.0. The highest BCUT2D eigenvalue weighted by molar-refractivity contribution is 5.80. The van der Waals surface area contributed by atoms with Crippen LogP contribution < -0.4 is 10.6 Å². The lowest BCUT2D eigenvalue weighted by molar-refractivity contribution is 0.0368. The quantitative estimate of drug-likeness (QED) is 0.397. The maximum Gasteiger partial charge on any atom is 0.191 e. The van der Waals surface area contributed by atoms with Crippen LogP contribution >= 0.6 is 0 Å². The number of nitrogens with zero attached hydrogens (tertiary/aromatic N) is 2. The minimum Gasteiger partial charge on any atom is -0.389 e. The van der Waals surface area contributed by atoms with Crippen LogP contribution in [0.3, 0.4) is 0 Å². The molecular formula is C22H34F2N4O2. The second-order valence-electron chi connectivity index (χ2n) is 8.30. The zero-order valence-corrected chi connectivity index (χ0v) is 17.7. The fourth-order valence-electron chi connectivity index (χ4n) is 3.55. The molecule has 0 radical (unpaired) electrons. The summed E-state index contributed by atoms with van der Waals surface area (Å²) in [5.74, 6) is -0.211. The molecule has 1 saturated carbocycles. The Morgan fingerprint density at radius 2 is 2.00 bits per heavy atom. The molecule has 1 atom stereocenters. The molecule has 3 N–H and O–H groups in total. The third kappa shape index (κ3) is 7.81. The van der Waals surface area contributed by atoms with Crippen molar-refractivity contribution in [2.24, 2.45) is 10.9 Å². The third-order valence-electron chi connectivity index (χ3n) is 5.48. The van der Waals surface area contributed by atoms with Gasteiger partial charge in [0.1, 0.15) is 0 Å². The zero-order valence-electron chi connectivity index (χ0n) is 17.7. The molecule has 6 nitrogen and oxygen atoms in total. The third-order valence-corrected chi connectivity index (χ3v) is 5.48. The summed E-state index contributed by atoms with van der Waals surface area (Å²) in [5, 5.41) is 16.7. The summed E-state index contributed by atoms with van der Waals surface area (Å²) in [6.07, 6.45) is 3.74. The van der Waals surface area contributed by atoms with Crippen LogP contribution in [0.1, 0.15) is 38.2 Å². The van der Waals surface area contributed by atoms with E-state index in [1.807, 2.05) is 6.92 Å². The summed E-state index contributed by atoms with van der Waals surface area (Å²) in [7, 11) is 0. The first-order valence-electron chi connectivity index (χ1n) is 11.0. The molecule has 8 heteroatoms. The zero-order chi connectivity index (χ0) is 21.3. The second-order valence-corrected chi connectivity index (χ2v) is 8.30. The maximum atomic E-state index is 13.4. The van der Waals surface area contributed by atoms with Gasteiger partial charge in [-0.2, -0.15) is 0 Å². The van der Waals surface area contributed by atoms with Crippen molar-refractivity contribution >= 4 is 5.96 Å². The van der Waals surface area contributed by atoms with Crippen LogP contribution in [0.15, 0.2) is 23.2 Å². The highest BCUT2D eigenvalue weighted by atomic mass is 19.2. The average molecular weight is 425 g/mol. The lowest BCUT2D eigenvalue weighted by atomic mass is 10.0. The molecule has 168 valence electrons. The van der Waals surface area contributed by atoms with Crippen LogP contribution in [0.25, 0.3) is 0 Å². The number of piperidine rings is 1. The summed E-state index contributed by atoms with van der Waals surface area (Å²) in [5.41, 5.74) is 0.785. The van der Waals surface area contributed by atoms with E-state index in [4.69, 9.17) is 4.74 Å². The van der Waals surface area contributed by atoms with Gasteiger partial charge in [-0.1, -0.05) is 6.07 Å². The van der Waals surface area contributed by atoms with Gasteiger partial charge in [-0.05, 0) is 56.2 Å². The van der Waals surface area contributed by atoms with Crippen molar-refractivity contribution in [3.05, 3.63) is 35.4 Å². The Balaban J connectivity index is 1.39. The first kappa shape index (κ1) is 22.9. The van der Waals surface area contributed by atoms with Gasteiger partial charge in [0.05, 0.1) is 19.3 Å². The number of rotatable bonds is 10. The Labute approximate surface area is 177 Å². The van der Waals surface area contributed by atoms with Crippen LogP contribution in [0.4, 0.5) is 8.78 Å². The van der Waals surface area contributed by atoms with Gasteiger partial charge in [-0.15, -0.1) is 0 Å². The summed E-state index contributed by atoms with van der Waals surface area (Å²) in [6.45, 7) is 6.47. The molecule has 3 rings (SSSR count). The summed E-state index contributed by atoms with van der Waals surface area (Å²) >= 11 is 0. The van der Waals surface area contributed by atoms with E-state index >= 15 is 0 Å². The maximum absolute atomic E-state index is 13.4. The van der Waals surface area contributed by atoms with Crippen molar-refractivity contribution < 1.29 is 18.6 Å². The van der Waals surface area contributed by atoms with E-state index in [1.54, 1.807) is 6.07 Å². The van der Waals surface area contributed by atoms with Crippen LogP contribution in [0.2, 0.25) is 0 Å². The molecule has 1 aliphatic heterocycles. The van der Waals surface area contributed by atoms with E-state index in [2.05, 4.69) is 20.5 Å². The van der Waals surface area contributed by atoms with Gasteiger partial charge in [0.15, 0.2) is 17.6 Å². The molecular weight excluding hydrogens is 390 g/mol. The van der Waals surface area contributed by atoms with Crippen molar-refractivity contribution in [1.82, 2.24) is 15.5 Å². The highest BCUT2D eigenvalue weighted by Crippen LogP contribution is 2.28. The Bertz CT molecular complexity index is 692. The van der Waals surface area contributed by atoms with E-state index in [9.17, 15) is 13.9 Å². The Morgan fingerprint density at radius 1 is 1.23 bits per heavy atom. The Morgan fingerprint density at radius 3 is 2.67 bits per heavy atom. The molecule has 1 saturated heterocycles. The van der Waals surface area contributed by atoms with Crippen molar-refractivity contribution in [1.29, 1.82) is 0 Å². The predicted molar refractivity (Wildman–Crippen MR) is 113 cm³/mol. The summed E-state index contributed by atoms with van der Waals surface area (Å²) in [6, 6.07) is 4.38. The monoisotopic (exact) mass is 424 g/mol.